The van der Waals surface area contributed by atoms with Gasteiger partial charge < -0.3 is 29.7 Å². The van der Waals surface area contributed by atoms with Crippen molar-refractivity contribution in [2.75, 3.05) is 32.7 Å². The van der Waals surface area contributed by atoms with E-state index in [0.717, 1.165) is 41.0 Å². The lowest BCUT2D eigenvalue weighted by molar-refractivity contribution is -0.134. The molecule has 198 valence electrons. The van der Waals surface area contributed by atoms with Gasteiger partial charge in [0.1, 0.15) is 0 Å². The minimum atomic E-state index is -1.26. The molecule has 0 spiro atoms. The summed E-state index contributed by atoms with van der Waals surface area (Å²) in [5.74, 6) is -0.273. The van der Waals surface area contributed by atoms with Gasteiger partial charge in [-0.15, -0.1) is 0 Å². The molecule has 3 N–H and O–H groups in total. The van der Waals surface area contributed by atoms with Crippen molar-refractivity contribution in [2.24, 2.45) is 4.99 Å². The number of anilines is 1. The van der Waals surface area contributed by atoms with Crippen LogP contribution < -0.4 is 14.4 Å². The number of aliphatic imine (C=N–C) groups is 1. The monoisotopic (exact) mass is 512 g/mol. The Kier molecular flexibility index (Phi) is 9.18. The first-order chi connectivity index (χ1) is 17.6. The van der Waals surface area contributed by atoms with E-state index in [1.165, 1.54) is 0 Å². The van der Waals surface area contributed by atoms with E-state index in [2.05, 4.69) is 16.0 Å². The average Bonchev–Trinajstić information content (AvgIpc) is 2.87. The quantitative estimate of drug-likeness (QED) is 0.471. The zero-order chi connectivity index (χ0) is 27.1. The van der Waals surface area contributed by atoms with Crippen LogP contribution in [0, 0.1) is 0 Å². The fourth-order valence-electron chi connectivity index (χ4n) is 4.42. The van der Waals surface area contributed by atoms with Crippen LogP contribution in [0.3, 0.4) is 0 Å². The van der Waals surface area contributed by atoms with Crippen LogP contribution in [0.1, 0.15) is 48.8 Å². The molecule has 0 amide bonds. The molecule has 1 aliphatic carbocycles. The first kappa shape index (κ1) is 27.6. The van der Waals surface area contributed by atoms with Gasteiger partial charge in [-0.3, -0.25) is 4.99 Å². The topological polar surface area (TPSA) is 155 Å². The molecule has 3 atom stereocenters. The molecule has 1 aromatic carbocycles. The number of fused-ring (bicyclic) bond motifs is 3. The fourth-order valence-corrected chi connectivity index (χ4v) is 4.42. The maximum Gasteiger partial charge on any atom is 0.328 e. The lowest BCUT2D eigenvalue weighted by atomic mass is 9.74. The zero-order valence-electron chi connectivity index (χ0n) is 21.3. The molecule has 4 rings (SSSR count). The maximum absolute atomic E-state index is 10.3. The molecule has 11 nitrogen and oxygen atoms in total. The Hall–Kier alpha value is -3.99. The Morgan fingerprint density at radius 1 is 1.08 bits per heavy atom. The van der Waals surface area contributed by atoms with Crippen molar-refractivity contribution in [1.82, 2.24) is 9.97 Å². The van der Waals surface area contributed by atoms with Crippen molar-refractivity contribution in [1.29, 1.82) is 0 Å². The third kappa shape index (κ3) is 6.82. The van der Waals surface area contributed by atoms with Crippen LogP contribution in [0.5, 0.6) is 11.5 Å². The van der Waals surface area contributed by atoms with Crippen molar-refractivity contribution < 1.29 is 34.4 Å². The molecular formula is C26H32N4O7. The minimum Gasteiger partial charge on any atom is -0.493 e. The molecule has 2 aliphatic rings. The van der Waals surface area contributed by atoms with E-state index in [1.807, 2.05) is 44.4 Å². The second-order valence-corrected chi connectivity index (χ2v) is 8.82. The maximum atomic E-state index is 10.3. The Balaban J connectivity index is 0.000000414. The molecule has 0 saturated heterocycles. The minimum absolute atomic E-state index is 0.136. The van der Waals surface area contributed by atoms with Crippen molar-refractivity contribution in [3.8, 4) is 11.5 Å². The van der Waals surface area contributed by atoms with E-state index >= 15 is 0 Å². The summed E-state index contributed by atoms with van der Waals surface area (Å²) in [6.07, 6.45) is 6.82. The summed E-state index contributed by atoms with van der Waals surface area (Å²) in [4.78, 5) is 35.0. The highest BCUT2D eigenvalue weighted by molar-refractivity contribution is 6.14. The number of hydrogen-bond donors (Lipinski definition) is 3. The number of carboxylic acids is 2. The van der Waals surface area contributed by atoms with E-state index in [0.29, 0.717) is 36.9 Å². The number of hydrogen-bond acceptors (Lipinski definition) is 9. The van der Waals surface area contributed by atoms with E-state index in [1.54, 1.807) is 7.11 Å². The molecule has 1 aliphatic heterocycles. The Morgan fingerprint density at radius 3 is 2.27 bits per heavy atom. The number of aliphatic hydroxyl groups excluding tert-OH is 1. The molecule has 1 saturated carbocycles. The second-order valence-electron chi connectivity index (χ2n) is 8.82. The predicted octanol–water partition coefficient (Wildman–Crippen LogP) is 2.51. The number of methoxy groups -OCH3 is 1. The number of nitrogens with zero attached hydrogens (tertiary/aromatic N) is 4. The van der Waals surface area contributed by atoms with Crippen LogP contribution in [0.2, 0.25) is 0 Å². The lowest BCUT2D eigenvalue weighted by Crippen LogP contribution is -2.34. The van der Waals surface area contributed by atoms with Crippen molar-refractivity contribution in [2.45, 2.75) is 44.2 Å². The van der Waals surface area contributed by atoms with Gasteiger partial charge in [-0.25, -0.2) is 19.6 Å². The average molecular weight is 513 g/mol. The number of aliphatic carboxylic acids is 2. The molecule has 0 unspecified atom stereocenters. The van der Waals surface area contributed by atoms with Crippen LogP contribution >= 0.6 is 0 Å². The van der Waals surface area contributed by atoms with Crippen LogP contribution in [0.25, 0.3) is 0 Å². The van der Waals surface area contributed by atoms with E-state index < -0.39 is 11.9 Å². The smallest absolute Gasteiger partial charge is 0.328 e. The zero-order valence-corrected chi connectivity index (χ0v) is 21.3. The van der Waals surface area contributed by atoms with Crippen LogP contribution in [0.4, 0.5) is 5.95 Å². The molecule has 2 aromatic rings. The highest BCUT2D eigenvalue weighted by Gasteiger charge is 2.37. The third-order valence-electron chi connectivity index (χ3n) is 6.05. The summed E-state index contributed by atoms with van der Waals surface area (Å²) >= 11 is 0. The third-order valence-corrected chi connectivity index (χ3v) is 6.05. The van der Waals surface area contributed by atoms with Gasteiger partial charge >= 0.3 is 11.9 Å². The number of carbonyl (C=O) groups is 2. The van der Waals surface area contributed by atoms with Crippen molar-refractivity contribution in [3.05, 3.63) is 53.4 Å². The van der Waals surface area contributed by atoms with Gasteiger partial charge in [0.05, 0.1) is 31.6 Å². The summed E-state index contributed by atoms with van der Waals surface area (Å²) in [6.45, 7) is 2.52. The number of aromatic nitrogens is 2. The standard InChI is InChI=1S/C22H28N4O3.C4H4O4/c1-5-29-20-9-15-16-8-14(27)6-7-18(16)25-21(17(15)10-19(20)28-4)13-11-23-22(24-12-13)26(2)3;5-3(6)1-2-4(7)8/h9-12,14,16,18,27H,5-8H2,1-4H3;1-2H,(H,5,6)(H,7,8)/b;2-1+/t14-,16-,18-;/m1./s1. The molecule has 1 fully saturated rings. The summed E-state index contributed by atoms with van der Waals surface area (Å²) in [5, 5.41) is 25.9. The second kappa shape index (κ2) is 12.3. The number of benzene rings is 1. The highest BCUT2D eigenvalue weighted by Crippen LogP contribution is 2.44. The van der Waals surface area contributed by atoms with Gasteiger partial charge in [-0.1, -0.05) is 0 Å². The number of ether oxygens (including phenoxy) is 2. The Morgan fingerprint density at radius 2 is 1.73 bits per heavy atom. The van der Waals surface area contributed by atoms with Crippen molar-refractivity contribution >= 4 is 23.6 Å². The van der Waals surface area contributed by atoms with Gasteiger partial charge in [0.2, 0.25) is 5.95 Å². The van der Waals surface area contributed by atoms with Gasteiger partial charge in [-0.05, 0) is 43.9 Å². The summed E-state index contributed by atoms with van der Waals surface area (Å²) in [5.41, 5.74) is 3.92. The van der Waals surface area contributed by atoms with Gasteiger partial charge in [0, 0.05) is 55.7 Å². The van der Waals surface area contributed by atoms with E-state index in [-0.39, 0.29) is 18.1 Å². The molecule has 0 radical (unpaired) electrons. The van der Waals surface area contributed by atoms with Gasteiger partial charge in [0.15, 0.2) is 11.5 Å². The highest BCUT2D eigenvalue weighted by atomic mass is 16.5. The van der Waals surface area contributed by atoms with Crippen LogP contribution in [-0.4, -0.2) is 82.9 Å². The number of carboxylic acid groups (broad SMARTS) is 2. The van der Waals surface area contributed by atoms with Crippen LogP contribution in [0.15, 0.2) is 41.7 Å². The van der Waals surface area contributed by atoms with E-state index in [4.69, 9.17) is 24.7 Å². The predicted molar refractivity (Wildman–Crippen MR) is 137 cm³/mol. The molecule has 0 bridgehead atoms. The summed E-state index contributed by atoms with van der Waals surface area (Å²) in [7, 11) is 5.48. The van der Waals surface area contributed by atoms with Gasteiger partial charge in [0.25, 0.3) is 0 Å². The largest absolute Gasteiger partial charge is 0.493 e. The molecule has 1 aromatic heterocycles. The summed E-state index contributed by atoms with van der Waals surface area (Å²) < 4.78 is 11.4. The summed E-state index contributed by atoms with van der Waals surface area (Å²) in [6, 6.07) is 4.20. The molecular weight excluding hydrogens is 480 g/mol. The first-order valence-electron chi connectivity index (χ1n) is 11.9. The number of rotatable bonds is 7. The van der Waals surface area contributed by atoms with Gasteiger partial charge in [-0.2, -0.15) is 0 Å². The lowest BCUT2D eigenvalue weighted by Gasteiger charge is -2.37. The number of aliphatic hydroxyl groups is 1. The van der Waals surface area contributed by atoms with Crippen molar-refractivity contribution in [3.63, 3.8) is 0 Å². The first-order valence-corrected chi connectivity index (χ1v) is 11.9. The Labute approximate surface area is 215 Å². The molecule has 11 heteroatoms. The fraction of sp³-hybridized carbons (Fsp3) is 0.423. The van der Waals surface area contributed by atoms with E-state index in [9.17, 15) is 14.7 Å². The SMILES string of the molecule is CCOc1cc2c(cc1OC)C(c1cnc(N(C)C)nc1)=N[C@@H]1CC[C@@H](O)C[C@H]21.O=C(O)/C=C/C(=O)O. The van der Waals surface area contributed by atoms with Crippen LogP contribution in [-0.2, 0) is 9.59 Å². The Bertz CT molecular complexity index is 1160. The normalized spacial score (nSPS) is 20.0. The molecule has 37 heavy (non-hydrogen) atoms. The molecule has 2 heterocycles.